The third-order valence-corrected chi connectivity index (χ3v) is 4.66. The first-order valence-corrected chi connectivity index (χ1v) is 8.83. The van der Waals surface area contributed by atoms with Gasteiger partial charge in [-0.2, -0.15) is 0 Å². The van der Waals surface area contributed by atoms with Crippen molar-refractivity contribution in [3.63, 3.8) is 0 Å². The Bertz CT molecular complexity index is 794. The summed E-state index contributed by atoms with van der Waals surface area (Å²) in [6, 6.07) is 3.31. The Morgan fingerprint density at radius 3 is 2.93 bits per heavy atom. The van der Waals surface area contributed by atoms with Gasteiger partial charge in [0.2, 0.25) is 12.7 Å². The van der Waals surface area contributed by atoms with E-state index in [1.165, 1.54) is 17.1 Å². The number of nitrogens with two attached hydrogens (primary N) is 1. The molecule has 2 N–H and O–H groups in total. The predicted molar refractivity (Wildman–Crippen MR) is 96.1 cm³/mol. The van der Waals surface area contributed by atoms with Crippen molar-refractivity contribution in [1.82, 2.24) is 4.90 Å². The second-order valence-corrected chi connectivity index (χ2v) is 6.67. The topological polar surface area (TPSA) is 108 Å². The van der Waals surface area contributed by atoms with Crippen molar-refractivity contribution < 1.29 is 28.6 Å². The Balaban J connectivity index is 1.51. The van der Waals surface area contributed by atoms with Gasteiger partial charge in [-0.05, 0) is 36.6 Å². The molecule has 2 aliphatic rings. The number of fused-ring (bicyclic) bond motifs is 1. The molecule has 1 aromatic carbocycles. The molecule has 27 heavy (non-hydrogen) atoms. The molecule has 0 unspecified atom stereocenters. The van der Waals surface area contributed by atoms with Crippen molar-refractivity contribution in [3.05, 3.63) is 28.8 Å². The van der Waals surface area contributed by atoms with E-state index in [9.17, 15) is 14.4 Å². The van der Waals surface area contributed by atoms with E-state index in [0.717, 1.165) is 0 Å². The summed E-state index contributed by atoms with van der Waals surface area (Å²) in [5.74, 6) is -0.823. The molecule has 1 aromatic rings. The van der Waals surface area contributed by atoms with Gasteiger partial charge in [-0.1, -0.05) is 11.6 Å². The summed E-state index contributed by atoms with van der Waals surface area (Å²) in [4.78, 5) is 36.8. The number of ether oxygens (including phenoxy) is 3. The summed E-state index contributed by atoms with van der Waals surface area (Å²) < 4.78 is 15.4. The lowest BCUT2D eigenvalue weighted by Gasteiger charge is -2.30. The SMILES string of the molecule is NC(=O)[C@@H]1CCCN(C(=O)COC(=O)/C=C/c2cc(Cl)c3c(c2)OCO3)C1. The Labute approximate surface area is 160 Å². The van der Waals surface area contributed by atoms with Gasteiger partial charge >= 0.3 is 5.97 Å². The molecule has 0 radical (unpaired) electrons. The first-order valence-electron chi connectivity index (χ1n) is 8.45. The number of hydrogen-bond acceptors (Lipinski definition) is 6. The number of nitrogens with zero attached hydrogens (tertiary/aromatic N) is 1. The highest BCUT2D eigenvalue weighted by Gasteiger charge is 2.27. The third kappa shape index (κ3) is 4.71. The lowest BCUT2D eigenvalue weighted by Crippen LogP contribution is -2.45. The summed E-state index contributed by atoms with van der Waals surface area (Å²) in [6.45, 7) is 0.485. The number of rotatable bonds is 5. The van der Waals surface area contributed by atoms with Gasteiger partial charge < -0.3 is 24.8 Å². The fraction of sp³-hybridized carbons (Fsp3) is 0.389. The van der Waals surface area contributed by atoms with Crippen LogP contribution in [0.4, 0.5) is 0 Å². The maximum Gasteiger partial charge on any atom is 0.331 e. The summed E-state index contributed by atoms with van der Waals surface area (Å²) in [5, 5.41) is 0.377. The number of carbonyl (C=O) groups excluding carboxylic acids is 3. The van der Waals surface area contributed by atoms with Gasteiger partial charge in [0.05, 0.1) is 10.9 Å². The Morgan fingerprint density at radius 1 is 1.33 bits per heavy atom. The standard InChI is InChI=1S/C18H19ClN2O6/c19-13-6-11(7-14-17(13)27-10-26-14)3-4-16(23)25-9-15(22)21-5-1-2-12(8-21)18(20)24/h3-4,6-7,12H,1-2,5,8-10H2,(H2,20,24)/b4-3+/t12-/m1/s1. The van der Waals surface area contributed by atoms with Crippen LogP contribution in [-0.4, -0.2) is 49.2 Å². The average Bonchev–Trinajstić information content (AvgIpc) is 3.13. The van der Waals surface area contributed by atoms with Crippen LogP contribution in [0.1, 0.15) is 18.4 Å². The van der Waals surface area contributed by atoms with E-state index in [1.807, 2.05) is 0 Å². The lowest BCUT2D eigenvalue weighted by molar-refractivity contribution is -0.149. The first kappa shape index (κ1) is 19.0. The number of amides is 2. The van der Waals surface area contributed by atoms with Crippen LogP contribution in [0.15, 0.2) is 18.2 Å². The van der Waals surface area contributed by atoms with Crippen LogP contribution in [-0.2, 0) is 19.1 Å². The number of carbonyl (C=O) groups is 3. The van der Waals surface area contributed by atoms with Gasteiger partial charge in [0.15, 0.2) is 18.1 Å². The minimum absolute atomic E-state index is 0.0967. The molecule has 0 saturated carbocycles. The molecule has 9 heteroatoms. The van der Waals surface area contributed by atoms with Crippen molar-refractivity contribution in [1.29, 1.82) is 0 Å². The van der Waals surface area contributed by atoms with E-state index in [-0.39, 0.29) is 25.2 Å². The number of primary amides is 1. The molecule has 2 amide bonds. The molecular weight excluding hydrogens is 376 g/mol. The predicted octanol–water partition coefficient (Wildman–Crippen LogP) is 1.35. The maximum absolute atomic E-state index is 12.1. The van der Waals surface area contributed by atoms with Crippen LogP contribution in [0.3, 0.4) is 0 Å². The van der Waals surface area contributed by atoms with Crippen LogP contribution >= 0.6 is 11.6 Å². The number of halogens is 1. The Morgan fingerprint density at radius 2 is 2.15 bits per heavy atom. The summed E-state index contributed by atoms with van der Waals surface area (Å²) in [6.07, 6.45) is 4.06. The van der Waals surface area contributed by atoms with E-state index in [2.05, 4.69) is 0 Å². The monoisotopic (exact) mass is 394 g/mol. The van der Waals surface area contributed by atoms with Crippen LogP contribution in [0, 0.1) is 5.92 Å². The third-order valence-electron chi connectivity index (χ3n) is 4.38. The first-order chi connectivity index (χ1) is 12.9. The van der Waals surface area contributed by atoms with Crippen molar-refractivity contribution >= 4 is 35.5 Å². The Hall–Kier alpha value is -2.74. The minimum Gasteiger partial charge on any atom is -0.454 e. The van der Waals surface area contributed by atoms with Gasteiger partial charge in [0, 0.05) is 19.2 Å². The highest BCUT2D eigenvalue weighted by atomic mass is 35.5. The van der Waals surface area contributed by atoms with E-state index in [4.69, 9.17) is 31.5 Å². The molecule has 0 bridgehead atoms. The van der Waals surface area contributed by atoms with Crippen LogP contribution in [0.5, 0.6) is 11.5 Å². The zero-order valence-electron chi connectivity index (χ0n) is 14.5. The quantitative estimate of drug-likeness (QED) is 0.596. The maximum atomic E-state index is 12.1. The highest BCUT2D eigenvalue weighted by Crippen LogP contribution is 2.40. The molecule has 2 aliphatic heterocycles. The lowest BCUT2D eigenvalue weighted by atomic mass is 9.97. The zero-order valence-corrected chi connectivity index (χ0v) is 15.2. The largest absolute Gasteiger partial charge is 0.454 e. The number of hydrogen-bond donors (Lipinski definition) is 1. The fourth-order valence-electron chi connectivity index (χ4n) is 2.96. The molecule has 0 aromatic heterocycles. The van der Waals surface area contributed by atoms with Crippen molar-refractivity contribution in [3.8, 4) is 11.5 Å². The molecule has 0 spiro atoms. The smallest absolute Gasteiger partial charge is 0.331 e. The van der Waals surface area contributed by atoms with Gasteiger partial charge in [-0.3, -0.25) is 9.59 Å². The summed E-state index contributed by atoms with van der Waals surface area (Å²) in [7, 11) is 0. The van der Waals surface area contributed by atoms with Gasteiger partial charge in [-0.25, -0.2) is 4.79 Å². The normalized spacial score (nSPS) is 18.6. The van der Waals surface area contributed by atoms with Crippen molar-refractivity contribution in [2.75, 3.05) is 26.5 Å². The molecule has 3 rings (SSSR count). The zero-order chi connectivity index (χ0) is 19.4. The fourth-order valence-corrected chi connectivity index (χ4v) is 3.23. The molecule has 1 fully saturated rings. The van der Waals surface area contributed by atoms with Crippen LogP contribution in [0.2, 0.25) is 5.02 Å². The highest BCUT2D eigenvalue weighted by molar-refractivity contribution is 6.32. The molecule has 2 heterocycles. The minimum atomic E-state index is -0.666. The van der Waals surface area contributed by atoms with E-state index < -0.39 is 18.5 Å². The van der Waals surface area contributed by atoms with Gasteiger partial charge in [0.1, 0.15) is 0 Å². The molecule has 0 aliphatic carbocycles. The Kier molecular flexibility index (Phi) is 5.85. The molecule has 1 saturated heterocycles. The average molecular weight is 395 g/mol. The van der Waals surface area contributed by atoms with E-state index in [0.29, 0.717) is 41.5 Å². The number of piperidine rings is 1. The van der Waals surface area contributed by atoms with Crippen LogP contribution < -0.4 is 15.2 Å². The van der Waals surface area contributed by atoms with Crippen molar-refractivity contribution in [2.45, 2.75) is 12.8 Å². The molecule has 8 nitrogen and oxygen atoms in total. The van der Waals surface area contributed by atoms with Crippen molar-refractivity contribution in [2.24, 2.45) is 11.7 Å². The van der Waals surface area contributed by atoms with E-state index >= 15 is 0 Å². The van der Waals surface area contributed by atoms with Gasteiger partial charge in [-0.15, -0.1) is 0 Å². The molecule has 144 valence electrons. The second-order valence-electron chi connectivity index (χ2n) is 6.26. The number of esters is 1. The summed E-state index contributed by atoms with van der Waals surface area (Å²) in [5.41, 5.74) is 5.93. The number of likely N-dealkylation sites (tertiary alicyclic amines) is 1. The molecule has 1 atom stereocenters. The van der Waals surface area contributed by atoms with Gasteiger partial charge in [0.25, 0.3) is 5.91 Å². The van der Waals surface area contributed by atoms with Crippen LogP contribution in [0.25, 0.3) is 6.08 Å². The van der Waals surface area contributed by atoms with E-state index in [1.54, 1.807) is 12.1 Å². The second kappa shape index (κ2) is 8.30. The number of benzene rings is 1. The molecular formula is C18H19ClN2O6. The summed E-state index contributed by atoms with van der Waals surface area (Å²) >= 11 is 6.07.